The lowest BCUT2D eigenvalue weighted by Crippen LogP contribution is -2.43. The number of carbonyl (C=O) groups excluding carboxylic acids is 3. The summed E-state index contributed by atoms with van der Waals surface area (Å²) in [4.78, 5) is 41.1. The first-order valence-electron chi connectivity index (χ1n) is 9.68. The Labute approximate surface area is 163 Å². The molecule has 1 unspecified atom stereocenters. The van der Waals surface area contributed by atoms with Gasteiger partial charge in [0.2, 0.25) is 5.91 Å². The van der Waals surface area contributed by atoms with Crippen molar-refractivity contribution in [3.8, 4) is 0 Å². The van der Waals surface area contributed by atoms with Crippen molar-refractivity contribution in [3.05, 3.63) is 54.0 Å². The largest absolute Gasteiger partial charge is 0.459 e. The minimum atomic E-state index is -0.525. The molecular formula is C21H23N3O4. The Bertz CT molecular complexity index is 854. The fraction of sp³-hybridized carbons (Fsp3) is 0.381. The molecule has 4 rings (SSSR count). The quantitative estimate of drug-likeness (QED) is 0.883. The lowest BCUT2D eigenvalue weighted by atomic mass is 10.1. The molecule has 1 N–H and O–H groups in total. The van der Waals surface area contributed by atoms with Gasteiger partial charge in [0.1, 0.15) is 6.04 Å². The van der Waals surface area contributed by atoms with Crippen LogP contribution in [0.1, 0.15) is 46.6 Å². The molecule has 2 aliphatic heterocycles. The number of carbonyl (C=O) groups is 3. The maximum absolute atomic E-state index is 12.7. The minimum absolute atomic E-state index is 0.0291. The van der Waals surface area contributed by atoms with E-state index in [2.05, 4.69) is 5.32 Å². The molecule has 3 amide bonds. The van der Waals surface area contributed by atoms with E-state index in [1.807, 2.05) is 4.90 Å². The Morgan fingerprint density at radius 1 is 0.929 bits per heavy atom. The summed E-state index contributed by atoms with van der Waals surface area (Å²) in [5.41, 5.74) is 1.23. The molecule has 2 aromatic rings. The molecule has 7 nitrogen and oxygen atoms in total. The van der Waals surface area contributed by atoms with Crippen LogP contribution in [0.4, 0.5) is 5.69 Å². The number of amides is 3. The second-order valence-electron chi connectivity index (χ2n) is 7.20. The van der Waals surface area contributed by atoms with Crippen molar-refractivity contribution < 1.29 is 18.8 Å². The number of nitrogens with zero attached hydrogens (tertiary/aromatic N) is 2. The highest BCUT2D eigenvalue weighted by Gasteiger charge is 2.35. The van der Waals surface area contributed by atoms with E-state index < -0.39 is 6.04 Å². The van der Waals surface area contributed by atoms with Gasteiger partial charge in [0.25, 0.3) is 11.8 Å². The van der Waals surface area contributed by atoms with Crippen LogP contribution in [0, 0.1) is 0 Å². The van der Waals surface area contributed by atoms with Gasteiger partial charge in [-0.15, -0.1) is 0 Å². The number of nitrogens with one attached hydrogen (secondary N) is 1. The van der Waals surface area contributed by atoms with Gasteiger partial charge >= 0.3 is 0 Å². The number of hydrogen-bond acceptors (Lipinski definition) is 4. The summed E-state index contributed by atoms with van der Waals surface area (Å²) in [6.07, 6.45) is 4.93. The number of rotatable bonds is 4. The SMILES string of the molecule is O=C(Nc1ccc(C(=O)N2CCCC2)cc1)C1CCCN1C(=O)c1ccco1. The van der Waals surface area contributed by atoms with Gasteiger partial charge < -0.3 is 19.5 Å². The van der Waals surface area contributed by atoms with Gasteiger partial charge in [0, 0.05) is 30.9 Å². The summed E-state index contributed by atoms with van der Waals surface area (Å²) in [6, 6.07) is 9.66. The number of anilines is 1. The van der Waals surface area contributed by atoms with Crippen LogP contribution in [0.2, 0.25) is 0 Å². The van der Waals surface area contributed by atoms with Gasteiger partial charge in [0.05, 0.1) is 6.26 Å². The van der Waals surface area contributed by atoms with E-state index in [-0.39, 0.29) is 23.5 Å². The maximum atomic E-state index is 12.7. The zero-order valence-corrected chi connectivity index (χ0v) is 15.6. The average molecular weight is 381 g/mol. The summed E-state index contributed by atoms with van der Waals surface area (Å²) >= 11 is 0. The van der Waals surface area contributed by atoms with E-state index in [0.717, 1.165) is 32.4 Å². The summed E-state index contributed by atoms with van der Waals surface area (Å²) < 4.78 is 5.17. The van der Waals surface area contributed by atoms with E-state index in [0.29, 0.717) is 24.2 Å². The number of likely N-dealkylation sites (tertiary alicyclic amines) is 2. The molecular weight excluding hydrogens is 358 g/mol. The monoisotopic (exact) mass is 381 g/mol. The Morgan fingerprint density at radius 3 is 2.36 bits per heavy atom. The van der Waals surface area contributed by atoms with Gasteiger partial charge in [0.15, 0.2) is 5.76 Å². The van der Waals surface area contributed by atoms with Crippen LogP contribution in [-0.2, 0) is 4.79 Å². The normalized spacial score (nSPS) is 19.1. The molecule has 0 saturated carbocycles. The topological polar surface area (TPSA) is 82.9 Å². The number of furan rings is 1. The highest BCUT2D eigenvalue weighted by molar-refractivity contribution is 6.01. The van der Waals surface area contributed by atoms with Gasteiger partial charge in [-0.25, -0.2) is 0 Å². The standard InChI is InChI=1S/C21H23N3O4/c25-19(17-5-3-13-24(17)21(27)18-6-4-14-28-18)22-16-9-7-15(8-10-16)20(26)23-11-1-2-12-23/h4,6-10,14,17H,1-3,5,11-13H2,(H,22,25). The predicted molar refractivity (Wildman–Crippen MR) is 103 cm³/mol. The third-order valence-electron chi connectivity index (χ3n) is 5.34. The maximum Gasteiger partial charge on any atom is 0.290 e. The van der Waals surface area contributed by atoms with E-state index in [1.165, 1.54) is 6.26 Å². The molecule has 28 heavy (non-hydrogen) atoms. The smallest absolute Gasteiger partial charge is 0.290 e. The summed E-state index contributed by atoms with van der Waals surface area (Å²) in [7, 11) is 0. The molecule has 1 aromatic carbocycles. The minimum Gasteiger partial charge on any atom is -0.459 e. The number of hydrogen-bond donors (Lipinski definition) is 1. The third kappa shape index (κ3) is 3.65. The zero-order chi connectivity index (χ0) is 19.5. The zero-order valence-electron chi connectivity index (χ0n) is 15.6. The van der Waals surface area contributed by atoms with Crippen LogP contribution in [0.3, 0.4) is 0 Å². The van der Waals surface area contributed by atoms with Gasteiger partial charge in [-0.1, -0.05) is 0 Å². The molecule has 2 fully saturated rings. The first-order chi connectivity index (χ1) is 13.6. The third-order valence-corrected chi connectivity index (χ3v) is 5.34. The summed E-state index contributed by atoms with van der Waals surface area (Å²) in [5.74, 6) is -0.226. The Morgan fingerprint density at radius 2 is 1.68 bits per heavy atom. The van der Waals surface area contributed by atoms with E-state index in [1.54, 1.807) is 41.3 Å². The van der Waals surface area contributed by atoms with Crippen LogP contribution < -0.4 is 5.32 Å². The van der Waals surface area contributed by atoms with Crippen LogP contribution >= 0.6 is 0 Å². The van der Waals surface area contributed by atoms with Gasteiger partial charge in [-0.3, -0.25) is 14.4 Å². The molecule has 2 saturated heterocycles. The van der Waals surface area contributed by atoms with Crippen molar-refractivity contribution >= 4 is 23.4 Å². The van der Waals surface area contributed by atoms with Crippen LogP contribution in [0.5, 0.6) is 0 Å². The molecule has 7 heteroatoms. The number of benzene rings is 1. The van der Waals surface area contributed by atoms with Crippen LogP contribution in [0.15, 0.2) is 47.1 Å². The van der Waals surface area contributed by atoms with Gasteiger partial charge in [-0.05, 0) is 62.1 Å². The van der Waals surface area contributed by atoms with Crippen LogP contribution in [0.25, 0.3) is 0 Å². The van der Waals surface area contributed by atoms with Crippen molar-refractivity contribution in [2.24, 2.45) is 0 Å². The first-order valence-corrected chi connectivity index (χ1v) is 9.68. The second-order valence-corrected chi connectivity index (χ2v) is 7.20. The summed E-state index contributed by atoms with van der Waals surface area (Å²) in [5, 5.41) is 2.86. The fourth-order valence-corrected chi connectivity index (χ4v) is 3.85. The first kappa shape index (κ1) is 18.3. The molecule has 0 aliphatic carbocycles. The van der Waals surface area contributed by atoms with E-state index >= 15 is 0 Å². The molecule has 3 heterocycles. The summed E-state index contributed by atoms with van der Waals surface area (Å²) in [6.45, 7) is 2.14. The van der Waals surface area contributed by atoms with Crippen molar-refractivity contribution in [2.75, 3.05) is 25.0 Å². The average Bonchev–Trinajstić information content (AvgIpc) is 3.50. The lowest BCUT2D eigenvalue weighted by Gasteiger charge is -2.23. The van der Waals surface area contributed by atoms with Crippen LogP contribution in [-0.4, -0.2) is 53.2 Å². The van der Waals surface area contributed by atoms with Gasteiger partial charge in [-0.2, -0.15) is 0 Å². The Balaban J connectivity index is 1.40. The highest BCUT2D eigenvalue weighted by Crippen LogP contribution is 2.22. The lowest BCUT2D eigenvalue weighted by molar-refractivity contribution is -0.119. The van der Waals surface area contributed by atoms with Crippen molar-refractivity contribution in [2.45, 2.75) is 31.7 Å². The fourth-order valence-electron chi connectivity index (χ4n) is 3.85. The molecule has 0 bridgehead atoms. The highest BCUT2D eigenvalue weighted by atomic mass is 16.3. The molecule has 1 aromatic heterocycles. The molecule has 1 atom stereocenters. The molecule has 0 radical (unpaired) electrons. The molecule has 146 valence electrons. The van der Waals surface area contributed by atoms with E-state index in [4.69, 9.17) is 4.42 Å². The Kier molecular flexibility index (Phi) is 5.14. The van der Waals surface area contributed by atoms with Crippen molar-refractivity contribution in [1.82, 2.24) is 9.80 Å². The van der Waals surface area contributed by atoms with E-state index in [9.17, 15) is 14.4 Å². The van der Waals surface area contributed by atoms with Crippen molar-refractivity contribution in [1.29, 1.82) is 0 Å². The second kappa shape index (κ2) is 7.88. The molecule has 0 spiro atoms. The molecule has 2 aliphatic rings. The Hall–Kier alpha value is -3.09. The van der Waals surface area contributed by atoms with Crippen molar-refractivity contribution in [3.63, 3.8) is 0 Å². The predicted octanol–water partition coefficient (Wildman–Crippen LogP) is 2.76.